The molecule has 0 aromatic heterocycles. The van der Waals surface area contributed by atoms with E-state index in [1.807, 2.05) is 6.08 Å². The normalized spacial score (nSPS) is 14.6. The first-order chi connectivity index (χ1) is 6.58. The molecule has 0 saturated carbocycles. The lowest BCUT2D eigenvalue weighted by Gasteiger charge is -2.32. The van der Waals surface area contributed by atoms with Crippen molar-refractivity contribution in [3.8, 4) is 0 Å². The highest BCUT2D eigenvalue weighted by atomic mass is 16.5. The number of carbonyl (C=O) groups is 1. The van der Waals surface area contributed by atoms with E-state index in [0.29, 0.717) is 0 Å². The molecule has 1 atom stereocenters. The maximum Gasteiger partial charge on any atom is 0.142 e. The number of hydrogen-bond acceptors (Lipinski definition) is 2. The van der Waals surface area contributed by atoms with Crippen LogP contribution >= 0.6 is 0 Å². The highest BCUT2D eigenvalue weighted by molar-refractivity contribution is 5.64. The summed E-state index contributed by atoms with van der Waals surface area (Å²) in [5, 5.41) is 0. The molecule has 0 heterocycles. The molecule has 0 aliphatic rings. The summed E-state index contributed by atoms with van der Waals surface area (Å²) in [6.07, 6.45) is 7.51. The van der Waals surface area contributed by atoms with Crippen LogP contribution in [0.15, 0.2) is 12.2 Å². The summed E-state index contributed by atoms with van der Waals surface area (Å²) in [4.78, 5) is 10.1. The SMILES string of the molecule is CCCC(C)(C)C(CC=CC=O)OC. The number of carbonyl (C=O) groups excluding carboxylic acids is 1. The van der Waals surface area contributed by atoms with E-state index in [1.54, 1.807) is 7.11 Å². The van der Waals surface area contributed by atoms with Crippen molar-refractivity contribution in [3.63, 3.8) is 0 Å². The van der Waals surface area contributed by atoms with Crippen LogP contribution in [0.1, 0.15) is 40.0 Å². The second kappa shape index (κ2) is 6.77. The minimum atomic E-state index is 0.177. The summed E-state index contributed by atoms with van der Waals surface area (Å²) in [6.45, 7) is 6.59. The average molecular weight is 198 g/mol. The zero-order chi connectivity index (χ0) is 11.0. The summed E-state index contributed by atoms with van der Waals surface area (Å²) in [6, 6.07) is 0. The summed E-state index contributed by atoms with van der Waals surface area (Å²) < 4.78 is 5.45. The van der Waals surface area contributed by atoms with Gasteiger partial charge in [-0.3, -0.25) is 4.79 Å². The Hall–Kier alpha value is -0.630. The number of hydrogen-bond donors (Lipinski definition) is 0. The first kappa shape index (κ1) is 13.4. The Kier molecular flexibility index (Phi) is 6.46. The highest BCUT2D eigenvalue weighted by Crippen LogP contribution is 2.30. The molecule has 0 amide bonds. The van der Waals surface area contributed by atoms with Crippen molar-refractivity contribution < 1.29 is 9.53 Å². The van der Waals surface area contributed by atoms with E-state index in [0.717, 1.165) is 25.5 Å². The lowest BCUT2D eigenvalue weighted by Crippen LogP contribution is -2.30. The Morgan fingerprint density at radius 1 is 1.43 bits per heavy atom. The smallest absolute Gasteiger partial charge is 0.142 e. The third-order valence-electron chi connectivity index (χ3n) is 2.62. The molecular formula is C12H22O2. The number of rotatable bonds is 7. The van der Waals surface area contributed by atoms with Crippen molar-refractivity contribution in [2.45, 2.75) is 46.1 Å². The molecule has 0 radical (unpaired) electrons. The summed E-state index contributed by atoms with van der Waals surface area (Å²) in [5.74, 6) is 0. The maximum absolute atomic E-state index is 10.1. The van der Waals surface area contributed by atoms with Gasteiger partial charge in [0.1, 0.15) is 6.29 Å². The van der Waals surface area contributed by atoms with Gasteiger partial charge < -0.3 is 4.74 Å². The van der Waals surface area contributed by atoms with Gasteiger partial charge in [-0.05, 0) is 24.3 Å². The van der Waals surface area contributed by atoms with Crippen LogP contribution in [0.4, 0.5) is 0 Å². The quantitative estimate of drug-likeness (QED) is 0.464. The van der Waals surface area contributed by atoms with Gasteiger partial charge in [-0.25, -0.2) is 0 Å². The molecule has 0 spiro atoms. The molecule has 0 rings (SSSR count). The molecule has 0 saturated heterocycles. The van der Waals surface area contributed by atoms with Gasteiger partial charge in [0.15, 0.2) is 0 Å². The zero-order valence-electron chi connectivity index (χ0n) is 9.75. The minimum Gasteiger partial charge on any atom is -0.381 e. The summed E-state index contributed by atoms with van der Waals surface area (Å²) in [5.41, 5.74) is 0.177. The number of ether oxygens (including phenoxy) is 1. The average Bonchev–Trinajstić information content (AvgIpc) is 2.12. The van der Waals surface area contributed by atoms with Crippen LogP contribution in [-0.2, 0) is 9.53 Å². The fourth-order valence-corrected chi connectivity index (χ4v) is 1.80. The van der Waals surface area contributed by atoms with Gasteiger partial charge in [0.25, 0.3) is 0 Å². The minimum absolute atomic E-state index is 0.177. The molecule has 0 aromatic rings. The molecule has 14 heavy (non-hydrogen) atoms. The fourth-order valence-electron chi connectivity index (χ4n) is 1.80. The lowest BCUT2D eigenvalue weighted by molar-refractivity contribution is -0.104. The number of aldehydes is 1. The zero-order valence-corrected chi connectivity index (χ0v) is 9.75. The summed E-state index contributed by atoms with van der Waals surface area (Å²) >= 11 is 0. The molecule has 82 valence electrons. The molecule has 0 aliphatic heterocycles. The first-order valence-electron chi connectivity index (χ1n) is 5.21. The van der Waals surface area contributed by atoms with E-state index in [1.165, 1.54) is 6.08 Å². The van der Waals surface area contributed by atoms with Gasteiger partial charge in [0.2, 0.25) is 0 Å². The standard InChI is InChI=1S/C12H22O2/c1-5-9-12(2,3)11(14-4)8-6-7-10-13/h6-7,10-11H,5,8-9H2,1-4H3. The Morgan fingerprint density at radius 2 is 2.07 bits per heavy atom. The monoisotopic (exact) mass is 198 g/mol. The Morgan fingerprint density at radius 3 is 2.50 bits per heavy atom. The van der Waals surface area contributed by atoms with Gasteiger partial charge >= 0.3 is 0 Å². The van der Waals surface area contributed by atoms with E-state index < -0.39 is 0 Å². The first-order valence-corrected chi connectivity index (χ1v) is 5.21. The van der Waals surface area contributed by atoms with Crippen LogP contribution in [0, 0.1) is 5.41 Å². The van der Waals surface area contributed by atoms with Crippen molar-refractivity contribution in [1.29, 1.82) is 0 Å². The van der Waals surface area contributed by atoms with E-state index in [-0.39, 0.29) is 11.5 Å². The van der Waals surface area contributed by atoms with Crippen LogP contribution in [0.2, 0.25) is 0 Å². The second-order valence-electron chi connectivity index (χ2n) is 4.26. The highest BCUT2D eigenvalue weighted by Gasteiger charge is 2.27. The second-order valence-corrected chi connectivity index (χ2v) is 4.26. The topological polar surface area (TPSA) is 26.3 Å². The predicted molar refractivity (Wildman–Crippen MR) is 59.3 cm³/mol. The summed E-state index contributed by atoms with van der Waals surface area (Å²) in [7, 11) is 1.73. The predicted octanol–water partition coefficient (Wildman–Crippen LogP) is 2.97. The van der Waals surface area contributed by atoms with Crippen molar-refractivity contribution in [2.24, 2.45) is 5.41 Å². The van der Waals surface area contributed by atoms with E-state index in [9.17, 15) is 4.79 Å². The Labute approximate surface area is 87.3 Å². The maximum atomic E-state index is 10.1. The molecule has 0 bridgehead atoms. The van der Waals surface area contributed by atoms with Gasteiger partial charge in [0, 0.05) is 7.11 Å². The molecule has 0 fully saturated rings. The molecule has 2 nitrogen and oxygen atoms in total. The molecular weight excluding hydrogens is 176 g/mol. The van der Waals surface area contributed by atoms with Gasteiger partial charge in [-0.1, -0.05) is 33.3 Å². The molecule has 2 heteroatoms. The molecule has 1 unspecified atom stereocenters. The molecule has 0 aromatic carbocycles. The number of allylic oxidation sites excluding steroid dienone is 1. The van der Waals surface area contributed by atoms with Crippen LogP contribution in [0.5, 0.6) is 0 Å². The fraction of sp³-hybridized carbons (Fsp3) is 0.750. The largest absolute Gasteiger partial charge is 0.381 e. The van der Waals surface area contributed by atoms with Gasteiger partial charge in [0.05, 0.1) is 6.10 Å². The van der Waals surface area contributed by atoms with Crippen molar-refractivity contribution >= 4 is 6.29 Å². The molecule has 0 N–H and O–H groups in total. The third-order valence-corrected chi connectivity index (χ3v) is 2.62. The van der Waals surface area contributed by atoms with Crippen LogP contribution in [0.25, 0.3) is 0 Å². The van der Waals surface area contributed by atoms with E-state index in [2.05, 4.69) is 20.8 Å². The third kappa shape index (κ3) is 4.56. The lowest BCUT2D eigenvalue weighted by atomic mass is 9.80. The van der Waals surface area contributed by atoms with E-state index >= 15 is 0 Å². The van der Waals surface area contributed by atoms with E-state index in [4.69, 9.17) is 4.74 Å². The van der Waals surface area contributed by atoms with Crippen molar-refractivity contribution in [1.82, 2.24) is 0 Å². The van der Waals surface area contributed by atoms with Gasteiger partial charge in [-0.15, -0.1) is 0 Å². The molecule has 0 aliphatic carbocycles. The number of methoxy groups -OCH3 is 1. The van der Waals surface area contributed by atoms with Crippen molar-refractivity contribution in [3.05, 3.63) is 12.2 Å². The van der Waals surface area contributed by atoms with Crippen molar-refractivity contribution in [2.75, 3.05) is 7.11 Å². The van der Waals surface area contributed by atoms with Gasteiger partial charge in [-0.2, -0.15) is 0 Å². The Balaban J connectivity index is 4.22. The van der Waals surface area contributed by atoms with Crippen LogP contribution < -0.4 is 0 Å². The van der Waals surface area contributed by atoms with Crippen LogP contribution in [-0.4, -0.2) is 19.5 Å². The van der Waals surface area contributed by atoms with Crippen LogP contribution in [0.3, 0.4) is 0 Å². The Bertz CT molecular complexity index is 183.